The molecule has 12 N–H and O–H groups in total. The van der Waals surface area contributed by atoms with Gasteiger partial charge in [0.1, 0.15) is 24.5 Å². The second-order valence-electron chi connectivity index (χ2n) is 14.0. The number of ether oxygens (including phenoxy) is 5. The van der Waals surface area contributed by atoms with E-state index in [1.54, 1.807) is 0 Å². The molecule has 22 nitrogen and oxygen atoms in total. The fraction of sp³-hybridized carbons (Fsp3) is 0.667. The molecule has 0 fully saturated rings. The molecular weight excluding hydrogens is 871 g/mol. The number of esters is 1. The molecule has 3 atom stereocenters. The number of thiol groups is 1. The monoisotopic (exact) mass is 946 g/mol. The van der Waals surface area contributed by atoms with Gasteiger partial charge in [-0.2, -0.15) is 12.6 Å². The highest BCUT2D eigenvalue weighted by molar-refractivity contribution is 7.80. The Morgan fingerprint density at radius 1 is 0.738 bits per heavy atom. The van der Waals surface area contributed by atoms with Gasteiger partial charge in [-0.25, -0.2) is 4.79 Å². The molecule has 1 aromatic carbocycles. The van der Waals surface area contributed by atoms with Crippen LogP contribution in [0.1, 0.15) is 83.7 Å². The minimum atomic E-state index is -1.26. The van der Waals surface area contributed by atoms with Crippen LogP contribution in [0.25, 0.3) is 0 Å². The molecule has 0 radical (unpaired) electrons. The molecule has 3 unspecified atom stereocenters. The molecular formula is C42H75N9O13S. The van der Waals surface area contributed by atoms with Gasteiger partial charge >= 0.3 is 12.0 Å². The number of carbonyl (C=O) groups is 8. The summed E-state index contributed by atoms with van der Waals surface area (Å²) in [4.78, 5) is 96.5. The van der Waals surface area contributed by atoms with Gasteiger partial charge in [-0.05, 0) is 25.5 Å². The molecule has 0 aliphatic heterocycles. The predicted molar refractivity (Wildman–Crippen MR) is 248 cm³/mol. The average molecular weight is 946 g/mol. The predicted octanol–water partition coefficient (Wildman–Crippen LogP) is -0.0979. The van der Waals surface area contributed by atoms with E-state index in [1.807, 2.05) is 34.6 Å². The number of ketones is 1. The van der Waals surface area contributed by atoms with Crippen molar-refractivity contribution in [3.8, 4) is 0 Å². The van der Waals surface area contributed by atoms with Crippen LogP contribution in [0.15, 0.2) is 18.2 Å². The molecule has 0 saturated carbocycles. The Morgan fingerprint density at radius 3 is 1.78 bits per heavy atom. The molecule has 0 saturated heterocycles. The van der Waals surface area contributed by atoms with Crippen molar-refractivity contribution >= 4 is 65.6 Å². The maximum Gasteiger partial charge on any atom is 0.312 e. The summed E-state index contributed by atoms with van der Waals surface area (Å²) in [5.74, 6) is -3.55. The number of benzene rings is 1. The number of nitrogens with one attached hydrogen (secondary N) is 6. The topological polar surface area (TPSA) is 333 Å². The smallest absolute Gasteiger partial charge is 0.312 e. The Hall–Kier alpha value is -4.91. The first-order valence-electron chi connectivity index (χ1n) is 21.6. The van der Waals surface area contributed by atoms with Crippen molar-refractivity contribution in [3.05, 3.63) is 29.3 Å². The Labute approximate surface area is 388 Å². The van der Waals surface area contributed by atoms with Gasteiger partial charge < -0.3 is 72.8 Å². The zero-order valence-electron chi connectivity index (χ0n) is 39.0. The number of Topliss-reactive ketones (excluding diaryl/α,β-unsaturated/α-hetero) is 1. The molecule has 0 spiro atoms. The highest BCUT2D eigenvalue weighted by atomic mass is 32.1. The van der Waals surface area contributed by atoms with E-state index in [-0.39, 0.29) is 74.6 Å². The van der Waals surface area contributed by atoms with Crippen LogP contribution in [0.5, 0.6) is 0 Å². The number of nitrogens with two attached hydrogens (primary N) is 3. The maximum absolute atomic E-state index is 13.0. The molecule has 65 heavy (non-hydrogen) atoms. The average Bonchev–Trinajstić information content (AvgIpc) is 3.27. The lowest BCUT2D eigenvalue weighted by Gasteiger charge is -2.24. The Morgan fingerprint density at radius 2 is 1.31 bits per heavy atom. The third-order valence-electron chi connectivity index (χ3n) is 8.14. The zero-order chi connectivity index (χ0) is 49.6. The van der Waals surface area contributed by atoms with Gasteiger partial charge in [0.25, 0.3) is 5.91 Å². The molecule has 1 aromatic rings. The number of urea groups is 1. The van der Waals surface area contributed by atoms with Gasteiger partial charge in [0.15, 0.2) is 0 Å². The van der Waals surface area contributed by atoms with Crippen LogP contribution in [-0.4, -0.2) is 150 Å². The van der Waals surface area contributed by atoms with Crippen molar-refractivity contribution in [3.63, 3.8) is 0 Å². The molecule has 1 rings (SSSR count). The number of primary amides is 1. The van der Waals surface area contributed by atoms with Crippen molar-refractivity contribution < 1.29 is 62.0 Å². The van der Waals surface area contributed by atoms with E-state index < -0.39 is 66.2 Å². The van der Waals surface area contributed by atoms with Crippen LogP contribution >= 0.6 is 12.6 Å². The van der Waals surface area contributed by atoms with E-state index >= 15 is 0 Å². The molecule has 0 bridgehead atoms. The van der Waals surface area contributed by atoms with Crippen LogP contribution in [0, 0.1) is 5.92 Å². The summed E-state index contributed by atoms with van der Waals surface area (Å²) in [7, 11) is 0. The second kappa shape index (κ2) is 39.5. The van der Waals surface area contributed by atoms with Crippen molar-refractivity contribution in [2.45, 2.75) is 92.5 Å². The first-order valence-corrected chi connectivity index (χ1v) is 22.3. The number of anilines is 1. The zero-order valence-corrected chi connectivity index (χ0v) is 39.9. The summed E-state index contributed by atoms with van der Waals surface area (Å²) < 4.78 is 26.6. The quantitative estimate of drug-likeness (QED) is 0.0256. The summed E-state index contributed by atoms with van der Waals surface area (Å²) in [6, 6.07) is 0.712. The van der Waals surface area contributed by atoms with E-state index in [9.17, 15) is 38.4 Å². The third kappa shape index (κ3) is 32.4. The second-order valence-corrected chi connectivity index (χ2v) is 14.3. The summed E-state index contributed by atoms with van der Waals surface area (Å²) in [5, 5.41) is 15.1. The highest BCUT2D eigenvalue weighted by Gasteiger charge is 2.29. The standard InChI is InChI=1S/C36H59N7O12S.C4H10N2O.C2H6/c1-23(2)30(45)7-11-51-13-15-53-17-18-54-16-14-52-12-8-31(46)42-29(22-56)35(49)43-33(24(3)38)36(50)40-20-32(47)41-27-6-5-26(21-55-25(4)44)28(19-27)34(48)39-10-9-37;1-2-3-6-4(5)7;1-2/h5-6,19,23-24,29,33,56H,7-18,20-22,37-38H2,1-4H3,(H,39,48)(H,40,50)(H,41,47)(H,42,46)(H,43,49);2-3H2,1H3,(H3,5,6,7);1-2H3. The number of rotatable bonds is 32. The Balaban J connectivity index is 0. The van der Waals surface area contributed by atoms with Gasteiger partial charge in [0, 0.05) is 73.9 Å². The number of carbonyl (C=O) groups excluding carboxylic acids is 8. The van der Waals surface area contributed by atoms with E-state index in [0.29, 0.717) is 51.6 Å². The minimum absolute atomic E-state index is 0.00107. The largest absolute Gasteiger partial charge is 0.461 e. The minimum Gasteiger partial charge on any atom is -0.461 e. The fourth-order valence-electron chi connectivity index (χ4n) is 4.72. The molecule has 0 heterocycles. The van der Waals surface area contributed by atoms with Gasteiger partial charge in [0.2, 0.25) is 23.6 Å². The Bertz CT molecular complexity index is 1570. The molecule has 23 heteroatoms. The van der Waals surface area contributed by atoms with Gasteiger partial charge in [0.05, 0.1) is 59.4 Å². The van der Waals surface area contributed by atoms with Crippen molar-refractivity contribution in [1.82, 2.24) is 26.6 Å². The molecule has 0 aromatic heterocycles. The summed E-state index contributed by atoms with van der Waals surface area (Å²) in [6.07, 6.45) is 1.27. The van der Waals surface area contributed by atoms with E-state index in [2.05, 4.69) is 44.5 Å². The van der Waals surface area contributed by atoms with Gasteiger partial charge in [-0.3, -0.25) is 33.6 Å². The van der Waals surface area contributed by atoms with E-state index in [4.69, 9.17) is 40.9 Å². The van der Waals surface area contributed by atoms with Gasteiger partial charge in [-0.1, -0.05) is 40.7 Å². The highest BCUT2D eigenvalue weighted by Crippen LogP contribution is 2.17. The first-order chi connectivity index (χ1) is 31.0. The van der Waals surface area contributed by atoms with Crippen LogP contribution in [-0.2, 0) is 59.1 Å². The Kier molecular flexibility index (Phi) is 37.7. The third-order valence-corrected chi connectivity index (χ3v) is 8.50. The van der Waals surface area contributed by atoms with Gasteiger partial charge in [-0.15, -0.1) is 0 Å². The summed E-state index contributed by atoms with van der Waals surface area (Å²) in [6.45, 7) is 15.2. The first kappa shape index (κ1) is 62.2. The normalized spacial score (nSPS) is 11.8. The van der Waals surface area contributed by atoms with Crippen LogP contribution in [0.3, 0.4) is 0 Å². The molecule has 0 aliphatic rings. The van der Waals surface area contributed by atoms with Crippen LogP contribution in [0.2, 0.25) is 0 Å². The summed E-state index contributed by atoms with van der Waals surface area (Å²) in [5.41, 5.74) is 16.9. The molecule has 372 valence electrons. The van der Waals surface area contributed by atoms with Crippen LogP contribution < -0.4 is 49.1 Å². The van der Waals surface area contributed by atoms with Crippen molar-refractivity contribution in [2.24, 2.45) is 23.1 Å². The lowest BCUT2D eigenvalue weighted by molar-refractivity contribution is -0.142. The number of amides is 7. The van der Waals surface area contributed by atoms with Crippen LogP contribution in [0.4, 0.5) is 10.5 Å². The molecule has 7 amide bonds. The lowest BCUT2D eigenvalue weighted by Crippen LogP contribution is -2.59. The molecule has 0 aliphatic carbocycles. The number of hydrogen-bond acceptors (Lipinski definition) is 16. The summed E-state index contributed by atoms with van der Waals surface area (Å²) >= 11 is 4.15. The fourth-order valence-corrected chi connectivity index (χ4v) is 4.98. The number of hydrogen-bond donors (Lipinski definition) is 10. The van der Waals surface area contributed by atoms with E-state index in [0.717, 1.165) is 6.42 Å². The maximum atomic E-state index is 13.0. The van der Waals surface area contributed by atoms with Crippen molar-refractivity contribution in [1.29, 1.82) is 0 Å². The van der Waals surface area contributed by atoms with E-state index in [1.165, 1.54) is 32.0 Å². The van der Waals surface area contributed by atoms with Crippen molar-refractivity contribution in [2.75, 3.05) is 90.1 Å². The lowest BCUT2D eigenvalue weighted by atomic mass is 10.1. The SMILES string of the molecule is CC.CC(=O)OCc1ccc(NC(=O)CNC(=O)C(NC(=O)C(CS)NC(=O)CCOCCOCCOCCOCCC(=O)C(C)C)C(C)N)cc1C(=O)NCCN.CCCNC(N)=O.